The molecule has 0 fully saturated rings. The molecule has 2 amide bonds. The molecule has 1 heterocycles. The van der Waals surface area contributed by atoms with Gasteiger partial charge in [0.15, 0.2) is 0 Å². The summed E-state index contributed by atoms with van der Waals surface area (Å²) >= 11 is 0. The minimum Gasteiger partial charge on any atom is -0.493 e. The number of ether oxygens (including phenoxy) is 1. The summed E-state index contributed by atoms with van der Waals surface area (Å²) < 4.78 is 5.70. The standard InChI is InChI=1S/C23H22N6O3/c1-4-32-19-14-9-15-7-5-6-8-18(15)20(19)22(30)24-16-10-12-17(13-11-16)29-26-21(25-27-29)23(31)28(2)3/h5-14H,4H2,1-3H3,(H,24,30). The highest BCUT2D eigenvalue weighted by Crippen LogP contribution is 2.29. The fourth-order valence-corrected chi connectivity index (χ4v) is 3.24. The van der Waals surface area contributed by atoms with Crippen LogP contribution in [0.15, 0.2) is 60.7 Å². The van der Waals surface area contributed by atoms with Gasteiger partial charge in [0.2, 0.25) is 0 Å². The van der Waals surface area contributed by atoms with Crippen LogP contribution in [0.25, 0.3) is 16.5 Å². The van der Waals surface area contributed by atoms with E-state index in [1.54, 1.807) is 38.4 Å². The topological polar surface area (TPSA) is 102 Å². The Bertz CT molecular complexity index is 1280. The maximum absolute atomic E-state index is 13.1. The second kappa shape index (κ2) is 8.84. The Hall–Kier alpha value is -4.27. The molecule has 9 nitrogen and oxygen atoms in total. The van der Waals surface area contributed by atoms with E-state index < -0.39 is 0 Å². The zero-order chi connectivity index (χ0) is 22.7. The van der Waals surface area contributed by atoms with E-state index in [9.17, 15) is 9.59 Å². The SMILES string of the molecule is CCOc1ccc2ccccc2c1C(=O)Nc1ccc(-n2nnc(C(=O)N(C)C)n2)cc1. The average Bonchev–Trinajstić information content (AvgIpc) is 3.29. The summed E-state index contributed by atoms with van der Waals surface area (Å²) in [5.74, 6) is -0.0620. The van der Waals surface area contributed by atoms with E-state index in [-0.39, 0.29) is 17.6 Å². The van der Waals surface area contributed by atoms with E-state index in [1.165, 1.54) is 9.70 Å². The number of tetrazole rings is 1. The summed E-state index contributed by atoms with van der Waals surface area (Å²) in [4.78, 5) is 27.7. The van der Waals surface area contributed by atoms with Crippen molar-refractivity contribution in [2.24, 2.45) is 0 Å². The predicted molar refractivity (Wildman–Crippen MR) is 120 cm³/mol. The Balaban J connectivity index is 1.58. The number of hydrogen-bond acceptors (Lipinski definition) is 6. The average molecular weight is 430 g/mol. The third kappa shape index (κ3) is 4.13. The molecule has 0 spiro atoms. The zero-order valence-electron chi connectivity index (χ0n) is 17.9. The summed E-state index contributed by atoms with van der Waals surface area (Å²) in [6, 6.07) is 18.4. The first kappa shape index (κ1) is 21.0. The number of aromatic nitrogens is 4. The molecule has 0 unspecified atom stereocenters. The molecule has 32 heavy (non-hydrogen) atoms. The predicted octanol–water partition coefficient (Wildman–Crippen LogP) is 3.17. The minimum atomic E-state index is -0.333. The van der Waals surface area contributed by atoms with Gasteiger partial charge in [-0.2, -0.15) is 0 Å². The van der Waals surface area contributed by atoms with Gasteiger partial charge in [0.1, 0.15) is 5.75 Å². The maximum atomic E-state index is 13.1. The number of fused-ring (bicyclic) bond motifs is 1. The largest absolute Gasteiger partial charge is 0.493 e. The molecule has 0 radical (unpaired) electrons. The first-order chi connectivity index (χ1) is 15.5. The van der Waals surface area contributed by atoms with E-state index >= 15 is 0 Å². The zero-order valence-corrected chi connectivity index (χ0v) is 17.9. The number of amides is 2. The van der Waals surface area contributed by atoms with Gasteiger partial charge in [-0.25, -0.2) is 0 Å². The van der Waals surface area contributed by atoms with Gasteiger partial charge in [-0.1, -0.05) is 30.3 Å². The van der Waals surface area contributed by atoms with Crippen molar-refractivity contribution in [3.05, 3.63) is 72.1 Å². The number of carbonyl (C=O) groups excluding carboxylic acids is 2. The molecule has 1 aromatic heterocycles. The molecule has 162 valence electrons. The van der Waals surface area contributed by atoms with Crippen LogP contribution in [0.3, 0.4) is 0 Å². The van der Waals surface area contributed by atoms with Crippen LogP contribution in [0.5, 0.6) is 5.75 Å². The first-order valence-corrected chi connectivity index (χ1v) is 10.1. The summed E-state index contributed by atoms with van der Waals surface area (Å²) in [6.07, 6.45) is 0. The fraction of sp³-hybridized carbons (Fsp3) is 0.174. The van der Waals surface area contributed by atoms with E-state index in [4.69, 9.17) is 4.74 Å². The van der Waals surface area contributed by atoms with Gasteiger partial charge in [-0.3, -0.25) is 9.59 Å². The van der Waals surface area contributed by atoms with Crippen LogP contribution in [-0.2, 0) is 0 Å². The highest BCUT2D eigenvalue weighted by Gasteiger charge is 2.18. The third-order valence-electron chi connectivity index (χ3n) is 4.78. The molecule has 4 aromatic rings. The monoisotopic (exact) mass is 430 g/mol. The summed E-state index contributed by atoms with van der Waals surface area (Å²) in [5, 5.41) is 16.5. The fourth-order valence-electron chi connectivity index (χ4n) is 3.24. The molecule has 0 aliphatic rings. The van der Waals surface area contributed by atoms with Crippen molar-refractivity contribution < 1.29 is 14.3 Å². The van der Waals surface area contributed by atoms with Gasteiger partial charge in [0.05, 0.1) is 17.9 Å². The Morgan fingerprint density at radius 1 is 1.03 bits per heavy atom. The number of rotatable bonds is 6. The molecule has 0 bridgehead atoms. The molecule has 0 saturated carbocycles. The molecular weight excluding hydrogens is 408 g/mol. The molecule has 0 aliphatic heterocycles. The normalized spacial score (nSPS) is 10.7. The van der Waals surface area contributed by atoms with Crippen molar-refractivity contribution in [3.63, 3.8) is 0 Å². The van der Waals surface area contributed by atoms with E-state index in [0.717, 1.165) is 10.8 Å². The van der Waals surface area contributed by atoms with Crippen molar-refractivity contribution in [2.75, 3.05) is 26.0 Å². The molecule has 0 saturated heterocycles. The number of anilines is 1. The summed E-state index contributed by atoms with van der Waals surface area (Å²) in [6.45, 7) is 2.34. The molecule has 9 heteroatoms. The van der Waals surface area contributed by atoms with Crippen LogP contribution >= 0.6 is 0 Å². The minimum absolute atomic E-state index is 0.00629. The number of nitrogens with one attached hydrogen (secondary N) is 1. The Morgan fingerprint density at radius 3 is 2.50 bits per heavy atom. The van der Waals surface area contributed by atoms with Gasteiger partial charge < -0.3 is 15.0 Å². The van der Waals surface area contributed by atoms with Crippen molar-refractivity contribution in [1.29, 1.82) is 0 Å². The molecule has 3 aromatic carbocycles. The lowest BCUT2D eigenvalue weighted by Gasteiger charge is -2.13. The van der Waals surface area contributed by atoms with Gasteiger partial charge in [-0.05, 0) is 53.2 Å². The van der Waals surface area contributed by atoms with E-state index in [0.29, 0.717) is 29.3 Å². The van der Waals surface area contributed by atoms with Crippen LogP contribution in [-0.4, -0.2) is 57.6 Å². The molecule has 0 aliphatic carbocycles. The maximum Gasteiger partial charge on any atom is 0.294 e. The van der Waals surface area contributed by atoms with Crippen LogP contribution in [0.1, 0.15) is 27.9 Å². The van der Waals surface area contributed by atoms with Crippen LogP contribution < -0.4 is 10.1 Å². The number of hydrogen-bond donors (Lipinski definition) is 1. The lowest BCUT2D eigenvalue weighted by molar-refractivity contribution is 0.0815. The van der Waals surface area contributed by atoms with Gasteiger partial charge >= 0.3 is 0 Å². The molecule has 1 N–H and O–H groups in total. The second-order valence-corrected chi connectivity index (χ2v) is 7.20. The lowest BCUT2D eigenvalue weighted by atomic mass is 10.0. The van der Waals surface area contributed by atoms with Crippen LogP contribution in [0, 0.1) is 0 Å². The van der Waals surface area contributed by atoms with Gasteiger partial charge in [0, 0.05) is 19.8 Å². The molecule has 0 atom stereocenters. The number of nitrogens with zero attached hydrogens (tertiary/aromatic N) is 5. The number of benzene rings is 3. The first-order valence-electron chi connectivity index (χ1n) is 10.1. The highest BCUT2D eigenvalue weighted by molar-refractivity contribution is 6.15. The second-order valence-electron chi connectivity index (χ2n) is 7.20. The van der Waals surface area contributed by atoms with Crippen molar-refractivity contribution in [1.82, 2.24) is 25.1 Å². The van der Waals surface area contributed by atoms with Crippen molar-refractivity contribution in [2.45, 2.75) is 6.92 Å². The van der Waals surface area contributed by atoms with Crippen LogP contribution in [0.2, 0.25) is 0 Å². The third-order valence-corrected chi connectivity index (χ3v) is 4.78. The number of carbonyl (C=O) groups is 2. The lowest BCUT2D eigenvalue weighted by Crippen LogP contribution is -2.23. The summed E-state index contributed by atoms with van der Waals surface area (Å²) in [7, 11) is 3.24. The van der Waals surface area contributed by atoms with Crippen LogP contribution in [0.4, 0.5) is 5.69 Å². The van der Waals surface area contributed by atoms with Crippen molar-refractivity contribution >= 4 is 28.3 Å². The van der Waals surface area contributed by atoms with Gasteiger partial charge in [0.25, 0.3) is 17.6 Å². The molecule has 4 rings (SSSR count). The smallest absolute Gasteiger partial charge is 0.294 e. The quantitative estimate of drug-likeness (QED) is 0.504. The van der Waals surface area contributed by atoms with Gasteiger partial charge in [-0.15, -0.1) is 15.0 Å². The van der Waals surface area contributed by atoms with E-state index in [2.05, 4.69) is 20.7 Å². The van der Waals surface area contributed by atoms with Crippen molar-refractivity contribution in [3.8, 4) is 11.4 Å². The highest BCUT2D eigenvalue weighted by atomic mass is 16.5. The molecular formula is C23H22N6O3. The Kier molecular flexibility index (Phi) is 5.80. The Morgan fingerprint density at radius 2 is 1.78 bits per heavy atom. The summed E-state index contributed by atoms with van der Waals surface area (Å²) in [5.41, 5.74) is 1.69. The Labute approximate surface area is 184 Å². The van der Waals surface area contributed by atoms with E-state index in [1.807, 2.05) is 43.3 Å².